The zero-order chi connectivity index (χ0) is 15.9. The lowest BCUT2D eigenvalue weighted by Gasteiger charge is -2.48. The van der Waals surface area contributed by atoms with Crippen LogP contribution in [0.25, 0.3) is 0 Å². The normalized spacial score (nSPS) is 57.1. The Morgan fingerprint density at radius 2 is 1.38 bits per heavy atom. The summed E-state index contributed by atoms with van der Waals surface area (Å²) in [5.74, 6) is 2.55. The van der Waals surface area contributed by atoms with E-state index in [0.717, 1.165) is 17.8 Å². The lowest BCUT2D eigenvalue weighted by Crippen LogP contribution is -2.42. The number of ether oxygens (including phenoxy) is 3. The molecule has 0 aromatic rings. The topological polar surface area (TPSA) is 37.6 Å². The van der Waals surface area contributed by atoms with Crippen molar-refractivity contribution in [3.8, 4) is 0 Å². The molecule has 0 aromatic heterocycles. The minimum Gasteiger partial charge on any atom is -0.370 e. The van der Waals surface area contributed by atoms with Crippen LogP contribution in [0, 0.1) is 23.2 Å². The lowest BCUT2D eigenvalue weighted by atomic mass is 9.56. The Balaban J connectivity index is 1.24. The van der Waals surface area contributed by atoms with Crippen LogP contribution >= 0.6 is 0 Å². The number of epoxide rings is 3. The fraction of sp³-hybridized carbons (Fsp3) is 1.00. The van der Waals surface area contributed by atoms with Crippen molar-refractivity contribution in [2.24, 2.45) is 23.2 Å². The molecule has 6 fully saturated rings. The lowest BCUT2D eigenvalue weighted by molar-refractivity contribution is 0.0161. The summed E-state index contributed by atoms with van der Waals surface area (Å²) < 4.78 is 17.8. The van der Waals surface area contributed by atoms with Crippen molar-refractivity contribution in [1.29, 1.82) is 0 Å². The molecule has 9 unspecified atom stereocenters. The van der Waals surface area contributed by atoms with Gasteiger partial charge >= 0.3 is 0 Å². The molecule has 0 radical (unpaired) electrons. The molecular weight excluding hydrogens is 300 g/mol. The van der Waals surface area contributed by atoms with Crippen LogP contribution in [-0.2, 0) is 14.2 Å². The molecule has 6 aliphatic rings. The molecule has 3 aliphatic carbocycles. The van der Waals surface area contributed by atoms with Crippen LogP contribution in [0.1, 0.15) is 71.1 Å². The molecule has 3 nitrogen and oxygen atoms in total. The molecule has 24 heavy (non-hydrogen) atoms. The average molecular weight is 332 g/mol. The zero-order valence-electron chi connectivity index (χ0n) is 15.0. The Bertz CT molecular complexity index is 491. The van der Waals surface area contributed by atoms with Gasteiger partial charge in [0.05, 0.1) is 36.6 Å². The van der Waals surface area contributed by atoms with E-state index >= 15 is 0 Å². The standard InChI is InChI=1S/C21H32O3/c1-21(13-5-7-15-18(9-13)22-15,14-6-8-16-19(10-14)23-16)11-12-3-2-4-17-20(12)24-17/h12-20H,2-11H2,1H3. The van der Waals surface area contributed by atoms with Gasteiger partial charge < -0.3 is 14.2 Å². The van der Waals surface area contributed by atoms with E-state index in [1.807, 2.05) is 0 Å². The number of hydrogen-bond acceptors (Lipinski definition) is 3. The molecule has 0 bridgehead atoms. The van der Waals surface area contributed by atoms with Gasteiger partial charge in [-0.3, -0.25) is 0 Å². The molecule has 0 amide bonds. The summed E-state index contributed by atoms with van der Waals surface area (Å²) in [5.41, 5.74) is 0.479. The van der Waals surface area contributed by atoms with Gasteiger partial charge in [0.25, 0.3) is 0 Å². The highest BCUT2D eigenvalue weighted by Gasteiger charge is 2.57. The Morgan fingerprint density at radius 1 is 0.708 bits per heavy atom. The van der Waals surface area contributed by atoms with E-state index in [0.29, 0.717) is 42.0 Å². The van der Waals surface area contributed by atoms with Crippen molar-refractivity contribution in [2.75, 3.05) is 0 Å². The number of rotatable bonds is 4. The van der Waals surface area contributed by atoms with Crippen LogP contribution in [0.5, 0.6) is 0 Å². The Morgan fingerprint density at radius 3 is 2.00 bits per heavy atom. The maximum Gasteiger partial charge on any atom is 0.0870 e. The summed E-state index contributed by atoms with van der Waals surface area (Å²) in [6, 6.07) is 0. The van der Waals surface area contributed by atoms with E-state index in [1.54, 1.807) is 0 Å². The minimum atomic E-state index is 0.479. The summed E-state index contributed by atoms with van der Waals surface area (Å²) in [5, 5.41) is 0. The summed E-state index contributed by atoms with van der Waals surface area (Å²) in [6.07, 6.45) is 17.3. The third kappa shape index (κ3) is 2.41. The number of fused-ring (bicyclic) bond motifs is 3. The predicted octanol–water partition coefficient (Wildman–Crippen LogP) is 4.09. The molecule has 3 saturated heterocycles. The van der Waals surface area contributed by atoms with Crippen LogP contribution < -0.4 is 0 Å². The van der Waals surface area contributed by atoms with E-state index in [4.69, 9.17) is 14.2 Å². The highest BCUT2D eigenvalue weighted by atomic mass is 16.6. The van der Waals surface area contributed by atoms with Crippen LogP contribution in [0.3, 0.4) is 0 Å². The van der Waals surface area contributed by atoms with Gasteiger partial charge in [-0.15, -0.1) is 0 Å². The van der Waals surface area contributed by atoms with Crippen LogP contribution in [0.4, 0.5) is 0 Å². The quantitative estimate of drug-likeness (QED) is 0.728. The molecule has 0 N–H and O–H groups in total. The van der Waals surface area contributed by atoms with Crippen LogP contribution in [0.2, 0.25) is 0 Å². The van der Waals surface area contributed by atoms with E-state index in [1.165, 1.54) is 64.2 Å². The molecule has 3 heteroatoms. The highest BCUT2D eigenvalue weighted by molar-refractivity contribution is 5.05. The van der Waals surface area contributed by atoms with Gasteiger partial charge in [-0.2, -0.15) is 0 Å². The van der Waals surface area contributed by atoms with Gasteiger partial charge in [0.15, 0.2) is 0 Å². The molecule has 0 aromatic carbocycles. The van der Waals surface area contributed by atoms with Crippen molar-refractivity contribution in [1.82, 2.24) is 0 Å². The smallest absolute Gasteiger partial charge is 0.0870 e. The van der Waals surface area contributed by atoms with Crippen LogP contribution in [0.15, 0.2) is 0 Å². The second-order valence-corrected chi connectivity index (χ2v) is 9.99. The predicted molar refractivity (Wildman–Crippen MR) is 90.7 cm³/mol. The van der Waals surface area contributed by atoms with E-state index in [2.05, 4.69) is 6.92 Å². The number of hydrogen-bond donors (Lipinski definition) is 0. The molecular formula is C21H32O3. The van der Waals surface area contributed by atoms with E-state index < -0.39 is 0 Å². The zero-order valence-corrected chi connectivity index (χ0v) is 15.0. The molecule has 3 heterocycles. The largest absolute Gasteiger partial charge is 0.370 e. The highest BCUT2D eigenvalue weighted by Crippen LogP contribution is 2.58. The van der Waals surface area contributed by atoms with Crippen LogP contribution in [-0.4, -0.2) is 36.6 Å². The van der Waals surface area contributed by atoms with Gasteiger partial charge in [-0.05, 0) is 81.0 Å². The average Bonchev–Trinajstić information content (AvgIpc) is 3.45. The third-order valence-corrected chi connectivity index (χ3v) is 8.73. The first-order chi connectivity index (χ1) is 11.7. The maximum atomic E-state index is 6.02. The second kappa shape index (κ2) is 5.20. The van der Waals surface area contributed by atoms with E-state index in [-0.39, 0.29) is 0 Å². The Hall–Kier alpha value is -0.120. The second-order valence-electron chi connectivity index (χ2n) is 9.99. The van der Waals surface area contributed by atoms with Crippen molar-refractivity contribution in [3.63, 3.8) is 0 Å². The molecule has 9 atom stereocenters. The molecule has 0 spiro atoms. The summed E-state index contributed by atoms with van der Waals surface area (Å²) in [7, 11) is 0. The van der Waals surface area contributed by atoms with Crippen molar-refractivity contribution in [2.45, 2.75) is 108 Å². The first-order valence-corrected chi connectivity index (χ1v) is 10.7. The third-order valence-electron chi connectivity index (χ3n) is 8.73. The monoisotopic (exact) mass is 332 g/mol. The van der Waals surface area contributed by atoms with Crippen molar-refractivity contribution < 1.29 is 14.2 Å². The minimum absolute atomic E-state index is 0.479. The first kappa shape index (κ1) is 15.0. The molecule has 3 saturated carbocycles. The maximum absolute atomic E-state index is 6.02. The van der Waals surface area contributed by atoms with Crippen molar-refractivity contribution in [3.05, 3.63) is 0 Å². The fourth-order valence-corrected chi connectivity index (χ4v) is 7.00. The summed E-state index contributed by atoms with van der Waals surface area (Å²) >= 11 is 0. The first-order valence-electron chi connectivity index (χ1n) is 10.7. The Labute approximate surface area is 145 Å². The molecule has 6 rings (SSSR count). The SMILES string of the molecule is CC(CC1CCCC2OC12)(C1CCC2OC2C1)C1CCC2OC2C1. The van der Waals surface area contributed by atoms with Gasteiger partial charge in [0.2, 0.25) is 0 Å². The van der Waals surface area contributed by atoms with Gasteiger partial charge in [-0.1, -0.05) is 13.3 Å². The molecule has 3 aliphatic heterocycles. The van der Waals surface area contributed by atoms with E-state index in [9.17, 15) is 0 Å². The Kier molecular flexibility index (Phi) is 3.25. The van der Waals surface area contributed by atoms with Crippen molar-refractivity contribution >= 4 is 0 Å². The van der Waals surface area contributed by atoms with Gasteiger partial charge in [0.1, 0.15) is 0 Å². The van der Waals surface area contributed by atoms with Gasteiger partial charge in [-0.25, -0.2) is 0 Å². The van der Waals surface area contributed by atoms with Gasteiger partial charge in [0, 0.05) is 0 Å². The fourth-order valence-electron chi connectivity index (χ4n) is 7.00. The summed E-state index contributed by atoms with van der Waals surface area (Å²) in [6.45, 7) is 2.65. The molecule has 134 valence electrons. The summed E-state index contributed by atoms with van der Waals surface area (Å²) in [4.78, 5) is 0.